The van der Waals surface area contributed by atoms with E-state index in [0.29, 0.717) is 17.0 Å². The molecule has 43 heavy (non-hydrogen) atoms. The number of methoxy groups -OCH3 is 1. The molecule has 2 aromatic heterocycles. The summed E-state index contributed by atoms with van der Waals surface area (Å²) < 4.78 is 31.8. The number of piperazine rings is 1. The van der Waals surface area contributed by atoms with Crippen molar-refractivity contribution in [2.24, 2.45) is 0 Å². The van der Waals surface area contributed by atoms with E-state index in [9.17, 15) is 18.5 Å². The van der Waals surface area contributed by atoms with Crippen molar-refractivity contribution in [3.05, 3.63) is 58.5 Å². The predicted molar refractivity (Wildman–Crippen MR) is 165 cm³/mol. The van der Waals surface area contributed by atoms with Gasteiger partial charge in [0, 0.05) is 57.4 Å². The van der Waals surface area contributed by atoms with Crippen LogP contribution in [0.5, 0.6) is 5.75 Å². The Morgan fingerprint density at radius 2 is 1.77 bits per heavy atom. The molecule has 0 unspecified atom stereocenters. The number of hydrogen-bond acceptors (Lipinski definition) is 13. The van der Waals surface area contributed by atoms with Gasteiger partial charge in [-0.2, -0.15) is 4.98 Å². The number of nitro groups is 1. The van der Waals surface area contributed by atoms with Crippen LogP contribution in [0.4, 0.5) is 40.2 Å². The van der Waals surface area contributed by atoms with Crippen LogP contribution in [0.15, 0.2) is 42.9 Å². The van der Waals surface area contributed by atoms with Crippen molar-refractivity contribution in [2.75, 3.05) is 73.5 Å². The highest BCUT2D eigenvalue weighted by molar-refractivity contribution is 7.92. The Balaban J connectivity index is 1.52. The fraction of sp³-hybridized carbons (Fsp3) is 0.333. The molecule has 0 amide bonds. The van der Waals surface area contributed by atoms with Crippen molar-refractivity contribution in [2.45, 2.75) is 6.92 Å². The van der Waals surface area contributed by atoms with E-state index < -0.39 is 20.6 Å². The van der Waals surface area contributed by atoms with Crippen LogP contribution in [-0.2, 0) is 10.0 Å². The van der Waals surface area contributed by atoms with E-state index in [0.717, 1.165) is 54.2 Å². The number of aryl methyl sites for hydroxylation is 1. The summed E-state index contributed by atoms with van der Waals surface area (Å²) in [6, 6.07) is 7.07. The number of ether oxygens (including phenoxy) is 1. The fourth-order valence-electron chi connectivity index (χ4n) is 4.85. The first-order valence-electron chi connectivity index (χ1n) is 13.3. The lowest BCUT2D eigenvalue weighted by Gasteiger charge is -2.35. The van der Waals surface area contributed by atoms with E-state index in [1.807, 2.05) is 19.1 Å². The Morgan fingerprint density at radius 1 is 1.05 bits per heavy atom. The number of rotatable bonds is 9. The third kappa shape index (κ3) is 6.19. The van der Waals surface area contributed by atoms with E-state index in [2.05, 4.69) is 47.4 Å². The summed E-state index contributed by atoms with van der Waals surface area (Å²) in [4.78, 5) is 33.0. The molecule has 1 saturated heterocycles. The van der Waals surface area contributed by atoms with Crippen molar-refractivity contribution < 1.29 is 18.1 Å². The molecule has 226 valence electrons. The minimum absolute atomic E-state index is 0.0664. The summed E-state index contributed by atoms with van der Waals surface area (Å²) in [5.41, 5.74) is 3.35. The zero-order valence-corrected chi connectivity index (χ0v) is 25.2. The lowest BCUT2D eigenvalue weighted by atomic mass is 10.1. The van der Waals surface area contributed by atoms with E-state index in [4.69, 9.17) is 4.74 Å². The van der Waals surface area contributed by atoms with Crippen molar-refractivity contribution >= 4 is 61.3 Å². The number of hydrogen-bond donors (Lipinski definition) is 2. The molecular formula is C27H32N10O5S. The third-order valence-corrected chi connectivity index (χ3v) is 8.43. The van der Waals surface area contributed by atoms with Crippen LogP contribution in [0.25, 0.3) is 11.0 Å². The maximum Gasteiger partial charge on any atom is 0.329 e. The van der Waals surface area contributed by atoms with Gasteiger partial charge in [0.2, 0.25) is 21.8 Å². The van der Waals surface area contributed by atoms with E-state index in [-0.39, 0.29) is 28.7 Å². The molecule has 0 bridgehead atoms. The van der Waals surface area contributed by atoms with Gasteiger partial charge >= 0.3 is 5.69 Å². The van der Waals surface area contributed by atoms with Crippen LogP contribution in [0.2, 0.25) is 0 Å². The highest BCUT2D eigenvalue weighted by atomic mass is 32.2. The zero-order valence-electron chi connectivity index (χ0n) is 24.4. The normalized spacial score (nSPS) is 14.0. The van der Waals surface area contributed by atoms with Gasteiger partial charge in [0.05, 0.1) is 35.2 Å². The maximum absolute atomic E-state index is 12.5. The molecule has 3 heterocycles. The van der Waals surface area contributed by atoms with Crippen molar-refractivity contribution in [3.63, 3.8) is 0 Å². The quantitative estimate of drug-likeness (QED) is 0.210. The molecule has 0 aliphatic carbocycles. The van der Waals surface area contributed by atoms with Gasteiger partial charge in [-0.25, -0.2) is 13.4 Å². The first kappa shape index (κ1) is 29.7. The SMILES string of the molecule is COc1cc(N2CCN(C)CC2)c(C)cc1Nc1ncc([N+](=O)[O-])c(Nc2ccc3nccnc3c2N(C)S(C)(=O)=O)n1. The summed E-state index contributed by atoms with van der Waals surface area (Å²) in [6.45, 7) is 5.71. The third-order valence-electron chi connectivity index (χ3n) is 7.25. The second-order valence-electron chi connectivity index (χ2n) is 10.2. The Bertz CT molecular complexity index is 1790. The number of nitrogens with one attached hydrogen (secondary N) is 2. The van der Waals surface area contributed by atoms with Crippen LogP contribution in [0, 0.1) is 17.0 Å². The number of benzene rings is 2. The summed E-state index contributed by atoms with van der Waals surface area (Å²) >= 11 is 0. The molecule has 1 aliphatic heterocycles. The molecule has 0 saturated carbocycles. The highest BCUT2D eigenvalue weighted by Gasteiger charge is 2.25. The minimum Gasteiger partial charge on any atom is -0.494 e. The molecule has 1 fully saturated rings. The Kier molecular flexibility index (Phi) is 8.14. The average Bonchev–Trinajstić information content (AvgIpc) is 2.97. The van der Waals surface area contributed by atoms with E-state index in [1.54, 1.807) is 19.2 Å². The maximum atomic E-state index is 12.5. The van der Waals surface area contributed by atoms with Gasteiger partial charge in [0.25, 0.3) is 0 Å². The number of sulfonamides is 1. The molecule has 0 atom stereocenters. The zero-order chi connectivity index (χ0) is 30.9. The second kappa shape index (κ2) is 11.8. The number of fused-ring (bicyclic) bond motifs is 1. The van der Waals surface area contributed by atoms with Gasteiger partial charge in [-0.3, -0.25) is 24.4 Å². The first-order valence-corrected chi connectivity index (χ1v) is 15.2. The van der Waals surface area contributed by atoms with E-state index in [1.165, 1.54) is 19.4 Å². The largest absolute Gasteiger partial charge is 0.494 e. The molecule has 4 aromatic rings. The van der Waals surface area contributed by atoms with Gasteiger partial charge in [-0.1, -0.05) is 0 Å². The fourth-order valence-corrected chi connectivity index (χ4v) is 5.37. The van der Waals surface area contributed by atoms with Gasteiger partial charge < -0.3 is 25.2 Å². The number of anilines is 6. The summed E-state index contributed by atoms with van der Waals surface area (Å²) in [5.74, 6) is 0.469. The average molecular weight is 609 g/mol. The summed E-state index contributed by atoms with van der Waals surface area (Å²) in [5, 5.41) is 18.0. The number of nitrogens with zero attached hydrogens (tertiary/aromatic N) is 8. The second-order valence-corrected chi connectivity index (χ2v) is 12.2. The molecular weight excluding hydrogens is 576 g/mol. The minimum atomic E-state index is -3.74. The Morgan fingerprint density at radius 3 is 2.44 bits per heavy atom. The van der Waals surface area contributed by atoms with Crippen LogP contribution in [0.1, 0.15) is 5.56 Å². The van der Waals surface area contributed by atoms with Crippen LogP contribution in [-0.4, -0.2) is 91.8 Å². The summed E-state index contributed by atoms with van der Waals surface area (Å²) in [7, 11) is 1.30. The molecule has 16 heteroatoms. The van der Waals surface area contributed by atoms with Gasteiger partial charge in [0.15, 0.2) is 0 Å². The number of aromatic nitrogens is 4. The van der Waals surface area contributed by atoms with Crippen molar-refractivity contribution in [3.8, 4) is 5.75 Å². The van der Waals surface area contributed by atoms with E-state index >= 15 is 0 Å². The standard InChI is InChI=1S/C27H32N10O5S/c1-17-14-20(23(42-4)15-21(17)36-12-10-34(2)11-13-36)32-27-30-16-22(37(38)39)26(33-27)31-19-7-6-18-24(29-9-8-28-18)25(19)35(3)43(5,40)41/h6-9,14-16H,10-13H2,1-5H3,(H2,30,31,32,33). The van der Waals surface area contributed by atoms with Crippen LogP contribution < -0.4 is 24.6 Å². The molecule has 5 rings (SSSR count). The van der Waals surface area contributed by atoms with Gasteiger partial charge in [0.1, 0.15) is 23.2 Å². The lowest BCUT2D eigenvalue weighted by Crippen LogP contribution is -2.44. The number of likely N-dealkylation sites (N-methyl/N-ethyl adjacent to an activating group) is 1. The first-order chi connectivity index (χ1) is 20.5. The Labute approximate surface area is 248 Å². The molecule has 2 N–H and O–H groups in total. The molecule has 2 aromatic carbocycles. The molecule has 1 aliphatic rings. The molecule has 0 spiro atoms. The Hall–Kier alpha value is -4.83. The highest BCUT2D eigenvalue weighted by Crippen LogP contribution is 2.38. The molecule has 15 nitrogen and oxygen atoms in total. The van der Waals surface area contributed by atoms with Gasteiger partial charge in [-0.15, -0.1) is 0 Å². The smallest absolute Gasteiger partial charge is 0.329 e. The topological polar surface area (TPSA) is 172 Å². The van der Waals surface area contributed by atoms with Crippen molar-refractivity contribution in [1.29, 1.82) is 0 Å². The summed E-state index contributed by atoms with van der Waals surface area (Å²) in [6.07, 6.45) is 5.05. The predicted octanol–water partition coefficient (Wildman–Crippen LogP) is 3.28. The van der Waals surface area contributed by atoms with Crippen LogP contribution >= 0.6 is 0 Å². The lowest BCUT2D eigenvalue weighted by molar-refractivity contribution is -0.384. The van der Waals surface area contributed by atoms with Crippen molar-refractivity contribution in [1.82, 2.24) is 24.8 Å². The molecule has 0 radical (unpaired) electrons. The van der Waals surface area contributed by atoms with Crippen LogP contribution in [0.3, 0.4) is 0 Å². The monoisotopic (exact) mass is 608 g/mol. The van der Waals surface area contributed by atoms with Gasteiger partial charge in [-0.05, 0) is 37.7 Å².